The highest BCUT2D eigenvalue weighted by Gasteiger charge is 2.28. The van der Waals surface area contributed by atoms with Crippen molar-refractivity contribution in [3.63, 3.8) is 0 Å². The zero-order valence-corrected chi connectivity index (χ0v) is 39.4. The van der Waals surface area contributed by atoms with Crippen LogP contribution in [0.15, 0.2) is 175 Å². The van der Waals surface area contributed by atoms with Gasteiger partial charge in [-0.05, 0) is 125 Å². The third kappa shape index (κ3) is 6.80. The van der Waals surface area contributed by atoms with Crippen molar-refractivity contribution < 1.29 is 0 Å². The summed E-state index contributed by atoms with van der Waals surface area (Å²) in [5.74, 6) is 1.84. The molecular formula is C63H51N5. The number of hydrogen-bond donors (Lipinski definition) is 0. The van der Waals surface area contributed by atoms with Crippen LogP contribution in [-0.4, -0.2) is 24.1 Å². The van der Waals surface area contributed by atoms with Gasteiger partial charge in [-0.1, -0.05) is 150 Å². The van der Waals surface area contributed by atoms with Crippen LogP contribution in [0.5, 0.6) is 0 Å². The number of para-hydroxylation sites is 2. The van der Waals surface area contributed by atoms with Crippen LogP contribution in [0, 0.1) is 34.6 Å². The number of aryl methyl sites for hydroxylation is 5. The van der Waals surface area contributed by atoms with Crippen molar-refractivity contribution in [1.29, 1.82) is 0 Å². The molecule has 0 spiro atoms. The minimum absolute atomic E-state index is 0.606. The van der Waals surface area contributed by atoms with Gasteiger partial charge in [0.05, 0.1) is 27.9 Å². The molecule has 3 heterocycles. The molecule has 0 unspecified atom stereocenters. The quantitative estimate of drug-likeness (QED) is 0.160. The van der Waals surface area contributed by atoms with E-state index in [1.165, 1.54) is 71.9 Å². The summed E-state index contributed by atoms with van der Waals surface area (Å²) in [7, 11) is 0. The number of benzene rings is 8. The maximum Gasteiger partial charge on any atom is 0.166 e. The monoisotopic (exact) mass is 877 g/mol. The van der Waals surface area contributed by atoms with Crippen LogP contribution in [0.3, 0.4) is 0 Å². The van der Waals surface area contributed by atoms with Crippen molar-refractivity contribution in [2.75, 3.05) is 0 Å². The largest absolute Gasteiger partial charge is 0.312 e. The van der Waals surface area contributed by atoms with E-state index < -0.39 is 0 Å². The van der Waals surface area contributed by atoms with Crippen LogP contribution < -0.4 is 0 Å². The molecule has 68 heavy (non-hydrogen) atoms. The van der Waals surface area contributed by atoms with Gasteiger partial charge in [-0.15, -0.1) is 0 Å². The first-order chi connectivity index (χ1) is 33.2. The Hall–Kier alpha value is -8.15. The van der Waals surface area contributed by atoms with E-state index in [-0.39, 0.29) is 0 Å². The highest BCUT2D eigenvalue weighted by atomic mass is 15.1. The Labute approximate surface area is 397 Å². The molecule has 0 saturated carbocycles. The van der Waals surface area contributed by atoms with Gasteiger partial charge in [0.15, 0.2) is 17.5 Å². The molecule has 1 aliphatic rings. The molecule has 8 aromatic carbocycles. The Kier molecular flexibility index (Phi) is 9.91. The van der Waals surface area contributed by atoms with Crippen LogP contribution in [0.1, 0.15) is 52.4 Å². The molecule has 5 nitrogen and oxygen atoms in total. The van der Waals surface area contributed by atoms with Gasteiger partial charge in [-0.25, -0.2) is 15.0 Å². The van der Waals surface area contributed by atoms with Gasteiger partial charge in [0.25, 0.3) is 0 Å². The van der Waals surface area contributed by atoms with Gasteiger partial charge in [0, 0.05) is 55.2 Å². The predicted octanol–water partition coefficient (Wildman–Crippen LogP) is 16.1. The number of rotatable bonds is 7. The van der Waals surface area contributed by atoms with Crippen molar-refractivity contribution in [2.45, 2.75) is 54.4 Å². The van der Waals surface area contributed by atoms with Crippen LogP contribution in [0.4, 0.5) is 0 Å². The second kappa shape index (κ2) is 16.3. The highest BCUT2D eigenvalue weighted by Crippen LogP contribution is 2.45. The molecule has 328 valence electrons. The van der Waals surface area contributed by atoms with Crippen LogP contribution >= 0.6 is 0 Å². The summed E-state index contributed by atoms with van der Waals surface area (Å²) in [5.41, 5.74) is 23.0. The van der Waals surface area contributed by atoms with Gasteiger partial charge in [0.2, 0.25) is 0 Å². The minimum Gasteiger partial charge on any atom is -0.312 e. The fourth-order valence-electron chi connectivity index (χ4n) is 10.7. The molecule has 0 aliphatic heterocycles. The van der Waals surface area contributed by atoms with Crippen molar-refractivity contribution in [2.24, 2.45) is 0 Å². The zero-order chi connectivity index (χ0) is 46.2. The summed E-state index contributed by atoms with van der Waals surface area (Å²) in [5, 5.41) is 3.70. The molecule has 11 aromatic rings. The van der Waals surface area contributed by atoms with Gasteiger partial charge < -0.3 is 9.13 Å². The summed E-state index contributed by atoms with van der Waals surface area (Å²) in [4.78, 5) is 16.7. The van der Waals surface area contributed by atoms with E-state index >= 15 is 0 Å². The molecule has 0 N–H and O–H groups in total. The molecule has 3 aromatic heterocycles. The smallest absolute Gasteiger partial charge is 0.166 e. The van der Waals surface area contributed by atoms with E-state index in [0.29, 0.717) is 17.5 Å². The van der Waals surface area contributed by atoms with Gasteiger partial charge in [0.1, 0.15) is 0 Å². The van der Waals surface area contributed by atoms with Crippen LogP contribution in [-0.2, 0) is 6.42 Å². The summed E-state index contributed by atoms with van der Waals surface area (Å²) in [6, 6.07) is 61.6. The third-order valence-electron chi connectivity index (χ3n) is 14.0. The van der Waals surface area contributed by atoms with Gasteiger partial charge in [-0.3, -0.25) is 0 Å². The van der Waals surface area contributed by atoms with E-state index in [1.54, 1.807) is 0 Å². The van der Waals surface area contributed by atoms with Gasteiger partial charge >= 0.3 is 0 Å². The molecule has 12 rings (SSSR count). The molecule has 0 fully saturated rings. The second-order valence-corrected chi connectivity index (χ2v) is 18.8. The standard InChI is InChI=1S/C63H51N5/c1-38-26-30-55-51(34-38)52-35-39(2)27-31-56(52)67(55)59-47(45-20-12-10-16-42(45)5)22-14-24-49(59)62-64-61(44-18-8-7-9-19-44)65-63(66-62)50-25-15-23-48(46-21-13-11-17-43(46)6)60(50)68-57-32-28-40(3)36-53(57)54-37-41(4)29-33-58(54)68/h7-28,30-32,34-37H,29,33H2,1-6H3. The fraction of sp³-hybridized carbons (Fsp3) is 0.127. The first-order valence-electron chi connectivity index (χ1n) is 23.7. The number of aromatic nitrogens is 5. The van der Waals surface area contributed by atoms with E-state index in [4.69, 9.17) is 15.0 Å². The molecule has 5 heteroatoms. The highest BCUT2D eigenvalue weighted by molar-refractivity contribution is 6.11. The number of hydrogen-bond acceptors (Lipinski definition) is 3. The minimum atomic E-state index is 0.606. The molecule has 0 radical (unpaired) electrons. The molecule has 0 bridgehead atoms. The third-order valence-corrected chi connectivity index (χ3v) is 14.0. The Balaban J connectivity index is 1.21. The Morgan fingerprint density at radius 2 is 0.809 bits per heavy atom. The Bertz CT molecular complexity index is 3800. The van der Waals surface area contributed by atoms with Crippen molar-refractivity contribution >= 4 is 38.8 Å². The second-order valence-electron chi connectivity index (χ2n) is 18.8. The van der Waals surface area contributed by atoms with E-state index in [9.17, 15) is 0 Å². The normalized spacial score (nSPS) is 12.5. The lowest BCUT2D eigenvalue weighted by Gasteiger charge is -2.22. The molecule has 0 amide bonds. The molecular weight excluding hydrogens is 827 g/mol. The van der Waals surface area contributed by atoms with Crippen molar-refractivity contribution in [3.05, 3.63) is 215 Å². The van der Waals surface area contributed by atoms with Crippen LogP contribution in [0.2, 0.25) is 0 Å². The lowest BCUT2D eigenvalue weighted by atomic mass is 9.94. The average Bonchev–Trinajstić information content (AvgIpc) is 3.84. The molecule has 0 saturated heterocycles. The molecule has 0 atom stereocenters. The zero-order valence-electron chi connectivity index (χ0n) is 39.4. The Morgan fingerprint density at radius 1 is 0.368 bits per heavy atom. The summed E-state index contributed by atoms with van der Waals surface area (Å²) in [6.45, 7) is 13.2. The van der Waals surface area contributed by atoms with E-state index in [0.717, 1.165) is 68.6 Å². The lowest BCUT2D eigenvalue weighted by Crippen LogP contribution is -2.10. The molecule has 1 aliphatic carbocycles. The number of nitrogens with zero attached hydrogens (tertiary/aromatic N) is 5. The van der Waals surface area contributed by atoms with Crippen LogP contribution in [0.25, 0.3) is 107 Å². The fourth-order valence-corrected chi connectivity index (χ4v) is 10.7. The van der Waals surface area contributed by atoms with Crippen molar-refractivity contribution in [1.82, 2.24) is 24.1 Å². The summed E-state index contributed by atoms with van der Waals surface area (Å²) in [6.07, 6.45) is 4.33. The lowest BCUT2D eigenvalue weighted by molar-refractivity contribution is 0.856. The Morgan fingerprint density at radius 3 is 1.35 bits per heavy atom. The first kappa shape index (κ1) is 41.3. The topological polar surface area (TPSA) is 48.5 Å². The van der Waals surface area contributed by atoms with E-state index in [2.05, 4.69) is 221 Å². The maximum absolute atomic E-state index is 5.70. The predicted molar refractivity (Wildman–Crippen MR) is 284 cm³/mol. The number of fused-ring (bicyclic) bond motifs is 6. The first-order valence-corrected chi connectivity index (χ1v) is 23.7. The van der Waals surface area contributed by atoms with Gasteiger partial charge in [-0.2, -0.15) is 0 Å². The van der Waals surface area contributed by atoms with Crippen molar-refractivity contribution in [3.8, 4) is 67.8 Å². The summed E-state index contributed by atoms with van der Waals surface area (Å²) < 4.78 is 4.98. The maximum atomic E-state index is 5.70. The van der Waals surface area contributed by atoms with E-state index in [1.807, 2.05) is 6.07 Å². The SMILES string of the molecule is CC1=Cc2c(n(-c3c(-c4nc(-c5ccccc5)nc(-c5cccc(-c6ccccc6C)c5-n5c6ccc(C)cc6c6cc(C)ccc65)n4)cccc3-c3ccccc3C)c3ccc(C)cc23)CC1. The average molecular weight is 878 g/mol. The summed E-state index contributed by atoms with van der Waals surface area (Å²) >= 11 is 0. The number of allylic oxidation sites excluding steroid dienone is 1.